The zero-order chi connectivity index (χ0) is 15.3. The van der Waals surface area contributed by atoms with Crippen LogP contribution in [0, 0.1) is 0 Å². The minimum absolute atomic E-state index is 0.0586. The first-order valence-corrected chi connectivity index (χ1v) is 7.24. The van der Waals surface area contributed by atoms with Crippen molar-refractivity contribution in [3.63, 3.8) is 0 Å². The SMILES string of the molecule is CN(C)C(=O)C1(NC(=O)OCc2ccccc2)CCCC1. The molecule has 1 aliphatic carbocycles. The fourth-order valence-corrected chi connectivity index (χ4v) is 2.75. The van der Waals surface area contributed by atoms with E-state index < -0.39 is 11.6 Å². The molecule has 1 fully saturated rings. The molecule has 1 aliphatic rings. The molecule has 1 aromatic carbocycles. The second kappa shape index (κ2) is 6.61. The van der Waals surface area contributed by atoms with E-state index in [-0.39, 0.29) is 12.5 Å². The van der Waals surface area contributed by atoms with Gasteiger partial charge in [0.05, 0.1) is 0 Å². The lowest BCUT2D eigenvalue weighted by Crippen LogP contribution is -2.56. The number of likely N-dealkylation sites (N-methyl/N-ethyl adjacent to an activating group) is 1. The number of hydrogen-bond acceptors (Lipinski definition) is 3. The van der Waals surface area contributed by atoms with Gasteiger partial charge in [-0.2, -0.15) is 0 Å². The highest BCUT2D eigenvalue weighted by Gasteiger charge is 2.43. The average molecular weight is 290 g/mol. The van der Waals surface area contributed by atoms with Gasteiger partial charge in [0.15, 0.2) is 0 Å². The quantitative estimate of drug-likeness (QED) is 0.925. The van der Waals surface area contributed by atoms with E-state index in [9.17, 15) is 9.59 Å². The number of alkyl carbamates (subject to hydrolysis) is 1. The zero-order valence-corrected chi connectivity index (χ0v) is 12.6. The largest absolute Gasteiger partial charge is 0.445 e. The van der Waals surface area contributed by atoms with Crippen LogP contribution >= 0.6 is 0 Å². The number of carbonyl (C=O) groups is 2. The number of rotatable bonds is 4. The van der Waals surface area contributed by atoms with Gasteiger partial charge < -0.3 is 15.0 Å². The molecule has 0 bridgehead atoms. The second-order valence-electron chi connectivity index (χ2n) is 5.68. The van der Waals surface area contributed by atoms with Gasteiger partial charge >= 0.3 is 6.09 Å². The van der Waals surface area contributed by atoms with Crippen LogP contribution in [0.4, 0.5) is 4.79 Å². The fraction of sp³-hybridized carbons (Fsp3) is 0.500. The first-order chi connectivity index (χ1) is 10.0. The molecular weight excluding hydrogens is 268 g/mol. The van der Waals surface area contributed by atoms with E-state index in [4.69, 9.17) is 4.74 Å². The summed E-state index contributed by atoms with van der Waals surface area (Å²) in [6.45, 7) is 0.207. The standard InChI is InChI=1S/C16H22N2O3/c1-18(2)14(19)16(10-6-7-11-16)17-15(20)21-12-13-8-4-3-5-9-13/h3-5,8-9H,6-7,10-12H2,1-2H3,(H,17,20). The summed E-state index contributed by atoms with van der Waals surface area (Å²) in [5, 5.41) is 2.79. The maximum Gasteiger partial charge on any atom is 0.408 e. The van der Waals surface area contributed by atoms with Crippen molar-refractivity contribution >= 4 is 12.0 Å². The van der Waals surface area contributed by atoms with Crippen LogP contribution in [0.3, 0.4) is 0 Å². The maximum atomic E-state index is 12.3. The van der Waals surface area contributed by atoms with Gasteiger partial charge in [0.2, 0.25) is 5.91 Å². The van der Waals surface area contributed by atoms with E-state index in [0.717, 1.165) is 18.4 Å². The summed E-state index contributed by atoms with van der Waals surface area (Å²) in [6.07, 6.45) is 2.70. The van der Waals surface area contributed by atoms with Crippen LogP contribution < -0.4 is 5.32 Å². The molecule has 0 saturated heterocycles. The molecule has 5 nitrogen and oxygen atoms in total. The van der Waals surface area contributed by atoms with Crippen molar-refractivity contribution in [3.8, 4) is 0 Å². The third-order valence-electron chi connectivity index (χ3n) is 3.83. The Hall–Kier alpha value is -2.04. The third kappa shape index (κ3) is 3.74. The molecule has 0 spiro atoms. The maximum absolute atomic E-state index is 12.3. The van der Waals surface area contributed by atoms with Crippen LogP contribution in [0.15, 0.2) is 30.3 Å². The predicted molar refractivity (Wildman–Crippen MR) is 79.7 cm³/mol. The van der Waals surface area contributed by atoms with Gasteiger partial charge in [-0.05, 0) is 18.4 Å². The number of nitrogens with one attached hydrogen (secondary N) is 1. The lowest BCUT2D eigenvalue weighted by Gasteiger charge is -2.31. The molecule has 2 rings (SSSR count). The smallest absolute Gasteiger partial charge is 0.408 e. The lowest BCUT2D eigenvalue weighted by molar-refractivity contribution is -0.135. The molecule has 1 saturated carbocycles. The van der Waals surface area contributed by atoms with Gasteiger partial charge in [-0.15, -0.1) is 0 Å². The Morgan fingerprint density at radius 2 is 1.81 bits per heavy atom. The third-order valence-corrected chi connectivity index (χ3v) is 3.83. The Morgan fingerprint density at radius 1 is 1.19 bits per heavy atom. The number of amides is 2. The number of carbonyl (C=O) groups excluding carboxylic acids is 2. The van der Waals surface area contributed by atoms with E-state index in [2.05, 4.69) is 5.32 Å². The van der Waals surface area contributed by atoms with Crippen LogP contribution in [0.1, 0.15) is 31.2 Å². The first-order valence-electron chi connectivity index (χ1n) is 7.24. The highest BCUT2D eigenvalue weighted by molar-refractivity contribution is 5.90. The molecule has 2 amide bonds. The number of ether oxygens (including phenoxy) is 1. The molecule has 5 heteroatoms. The molecular formula is C16H22N2O3. The van der Waals surface area contributed by atoms with Crippen LogP contribution in [0.5, 0.6) is 0 Å². The molecule has 1 aromatic rings. The van der Waals surface area contributed by atoms with Crippen molar-refractivity contribution in [3.05, 3.63) is 35.9 Å². The number of nitrogens with zero attached hydrogens (tertiary/aromatic N) is 1. The molecule has 21 heavy (non-hydrogen) atoms. The van der Waals surface area contributed by atoms with Crippen molar-refractivity contribution in [2.24, 2.45) is 0 Å². The monoisotopic (exact) mass is 290 g/mol. The molecule has 0 atom stereocenters. The van der Waals surface area contributed by atoms with Crippen LogP contribution in [-0.4, -0.2) is 36.5 Å². The van der Waals surface area contributed by atoms with Crippen LogP contribution in [-0.2, 0) is 16.1 Å². The molecule has 0 aromatic heterocycles. The zero-order valence-electron chi connectivity index (χ0n) is 12.6. The topological polar surface area (TPSA) is 58.6 Å². The van der Waals surface area contributed by atoms with Crippen molar-refractivity contribution < 1.29 is 14.3 Å². The van der Waals surface area contributed by atoms with Gasteiger partial charge in [0.25, 0.3) is 0 Å². The van der Waals surface area contributed by atoms with E-state index in [1.165, 1.54) is 4.90 Å². The molecule has 0 aliphatic heterocycles. The van der Waals surface area contributed by atoms with E-state index >= 15 is 0 Å². The molecule has 114 valence electrons. The lowest BCUT2D eigenvalue weighted by atomic mass is 9.96. The van der Waals surface area contributed by atoms with Gasteiger partial charge in [-0.3, -0.25) is 4.79 Å². The molecule has 0 radical (unpaired) electrons. The number of benzene rings is 1. The van der Waals surface area contributed by atoms with Gasteiger partial charge in [0.1, 0.15) is 12.1 Å². The van der Waals surface area contributed by atoms with Crippen molar-refractivity contribution in [1.29, 1.82) is 0 Å². The van der Waals surface area contributed by atoms with Crippen LogP contribution in [0.25, 0.3) is 0 Å². The minimum atomic E-state index is -0.794. The van der Waals surface area contributed by atoms with Gasteiger partial charge in [-0.1, -0.05) is 43.2 Å². The summed E-state index contributed by atoms with van der Waals surface area (Å²) in [7, 11) is 3.42. The van der Waals surface area contributed by atoms with Crippen LogP contribution in [0.2, 0.25) is 0 Å². The Balaban J connectivity index is 1.94. The molecule has 0 heterocycles. The Kier molecular flexibility index (Phi) is 4.83. The summed E-state index contributed by atoms with van der Waals surface area (Å²) in [5.41, 5.74) is 0.129. The summed E-state index contributed by atoms with van der Waals surface area (Å²) >= 11 is 0. The normalized spacial score (nSPS) is 16.3. The van der Waals surface area contributed by atoms with Gasteiger partial charge in [0, 0.05) is 14.1 Å². The predicted octanol–water partition coefficient (Wildman–Crippen LogP) is 2.31. The van der Waals surface area contributed by atoms with E-state index in [0.29, 0.717) is 12.8 Å². The Morgan fingerprint density at radius 3 is 2.38 bits per heavy atom. The summed E-state index contributed by atoms with van der Waals surface area (Å²) in [6, 6.07) is 9.48. The summed E-state index contributed by atoms with van der Waals surface area (Å²) < 4.78 is 5.22. The minimum Gasteiger partial charge on any atom is -0.445 e. The Labute approximate surface area is 125 Å². The number of hydrogen-bond donors (Lipinski definition) is 1. The second-order valence-corrected chi connectivity index (χ2v) is 5.68. The fourth-order valence-electron chi connectivity index (χ4n) is 2.75. The van der Waals surface area contributed by atoms with Gasteiger partial charge in [-0.25, -0.2) is 4.79 Å². The van der Waals surface area contributed by atoms with E-state index in [1.807, 2.05) is 30.3 Å². The van der Waals surface area contributed by atoms with E-state index in [1.54, 1.807) is 14.1 Å². The Bertz CT molecular complexity index is 494. The summed E-state index contributed by atoms with van der Waals surface area (Å²) in [4.78, 5) is 25.9. The van der Waals surface area contributed by atoms with Crippen molar-refractivity contribution in [1.82, 2.24) is 10.2 Å². The average Bonchev–Trinajstić information content (AvgIpc) is 2.95. The summed E-state index contributed by atoms with van der Waals surface area (Å²) in [5.74, 6) is -0.0586. The van der Waals surface area contributed by atoms with Crippen molar-refractivity contribution in [2.75, 3.05) is 14.1 Å². The molecule has 1 N–H and O–H groups in total. The first kappa shape index (κ1) is 15.4. The highest BCUT2D eigenvalue weighted by atomic mass is 16.5. The molecule has 0 unspecified atom stereocenters. The van der Waals surface area contributed by atoms with Crippen molar-refractivity contribution in [2.45, 2.75) is 37.8 Å². The highest BCUT2D eigenvalue weighted by Crippen LogP contribution is 2.31.